The van der Waals surface area contributed by atoms with Crippen LogP contribution in [0.4, 0.5) is 4.39 Å². The maximum atomic E-state index is 14.4. The van der Waals surface area contributed by atoms with Gasteiger partial charge in [0.1, 0.15) is 5.82 Å². The zero-order valence-corrected chi connectivity index (χ0v) is 24.6. The summed E-state index contributed by atoms with van der Waals surface area (Å²) in [5.74, 6) is 0.879. The van der Waals surface area contributed by atoms with E-state index < -0.39 is 6.04 Å². The summed E-state index contributed by atoms with van der Waals surface area (Å²) < 4.78 is 30.8. The molecule has 2 N–H and O–H groups in total. The molecule has 0 spiro atoms. The Kier molecular flexibility index (Phi) is 9.98. The summed E-state index contributed by atoms with van der Waals surface area (Å²) >= 11 is 0. The average molecular weight is 554 g/mol. The number of nitrogens with two attached hydrogens (primary N) is 1. The van der Waals surface area contributed by atoms with E-state index in [0.717, 1.165) is 27.8 Å². The summed E-state index contributed by atoms with van der Waals surface area (Å²) in [4.78, 5) is 28.9. The van der Waals surface area contributed by atoms with Gasteiger partial charge in [-0.2, -0.15) is 0 Å². The quantitative estimate of drug-likeness (QED) is 0.441. The second kappa shape index (κ2) is 13.0. The van der Waals surface area contributed by atoms with Crippen molar-refractivity contribution in [3.8, 4) is 17.2 Å². The van der Waals surface area contributed by atoms with E-state index in [1.54, 1.807) is 51.3 Å². The van der Waals surface area contributed by atoms with Gasteiger partial charge in [0, 0.05) is 27.2 Å². The van der Waals surface area contributed by atoms with E-state index in [0.29, 0.717) is 35.9 Å². The van der Waals surface area contributed by atoms with Crippen molar-refractivity contribution in [2.45, 2.75) is 33.2 Å². The van der Waals surface area contributed by atoms with Gasteiger partial charge in [-0.15, -0.1) is 0 Å². The highest BCUT2D eigenvalue weighted by Crippen LogP contribution is 2.45. The molecule has 2 amide bonds. The van der Waals surface area contributed by atoms with Crippen molar-refractivity contribution in [2.24, 2.45) is 11.7 Å². The number of hydrogen-bond acceptors (Lipinski definition) is 6. The number of amides is 2. The first-order valence-electron chi connectivity index (χ1n) is 13.2. The van der Waals surface area contributed by atoms with Gasteiger partial charge < -0.3 is 29.7 Å². The van der Waals surface area contributed by atoms with Crippen LogP contribution in [0.15, 0.2) is 35.9 Å². The number of ether oxygens (including phenoxy) is 3. The van der Waals surface area contributed by atoms with Crippen LogP contribution in [0.1, 0.15) is 43.9 Å². The SMILES string of the molecule is COc1cc(/C=C2/C(C)=C(CC(=O)N(C)CCN(C)C(=O)[C@@H](N)C(C)C)c3cc(F)ccc32)cc(OC)c1OC. The van der Waals surface area contributed by atoms with E-state index in [9.17, 15) is 14.0 Å². The van der Waals surface area contributed by atoms with E-state index >= 15 is 0 Å². The molecule has 0 heterocycles. The Morgan fingerprint density at radius 2 is 1.55 bits per heavy atom. The molecular formula is C31H40FN3O5. The molecule has 2 aromatic carbocycles. The molecular weight excluding hydrogens is 513 g/mol. The van der Waals surface area contributed by atoms with Crippen LogP contribution in [0.5, 0.6) is 17.2 Å². The molecule has 0 aromatic heterocycles. The molecule has 0 saturated carbocycles. The maximum Gasteiger partial charge on any atom is 0.239 e. The molecule has 0 fully saturated rings. The Bertz CT molecular complexity index is 1310. The fourth-order valence-electron chi connectivity index (χ4n) is 4.69. The summed E-state index contributed by atoms with van der Waals surface area (Å²) in [6.07, 6.45) is 2.06. The summed E-state index contributed by atoms with van der Waals surface area (Å²) in [7, 11) is 8.04. The van der Waals surface area contributed by atoms with Gasteiger partial charge >= 0.3 is 0 Å². The number of carbonyl (C=O) groups is 2. The highest BCUT2D eigenvalue weighted by molar-refractivity contribution is 6.08. The van der Waals surface area contributed by atoms with Crippen LogP contribution >= 0.6 is 0 Å². The normalized spacial score (nSPS) is 14.3. The molecule has 0 radical (unpaired) electrons. The molecule has 0 unspecified atom stereocenters. The lowest BCUT2D eigenvalue weighted by molar-refractivity contribution is -0.134. The van der Waals surface area contributed by atoms with E-state index in [1.165, 1.54) is 12.1 Å². The minimum absolute atomic E-state index is 0.0226. The highest BCUT2D eigenvalue weighted by atomic mass is 19.1. The van der Waals surface area contributed by atoms with Gasteiger partial charge in [0.15, 0.2) is 11.5 Å². The van der Waals surface area contributed by atoms with Gasteiger partial charge in [0.2, 0.25) is 17.6 Å². The molecule has 3 rings (SSSR count). The Labute approximate surface area is 236 Å². The van der Waals surface area contributed by atoms with Crippen LogP contribution in [-0.4, -0.2) is 76.2 Å². The van der Waals surface area contributed by atoms with Gasteiger partial charge in [-0.1, -0.05) is 19.9 Å². The van der Waals surface area contributed by atoms with E-state index in [2.05, 4.69) is 0 Å². The second-order valence-corrected chi connectivity index (χ2v) is 10.3. The summed E-state index contributed by atoms with van der Waals surface area (Å²) in [5, 5.41) is 0. The zero-order valence-electron chi connectivity index (χ0n) is 24.6. The van der Waals surface area contributed by atoms with Crippen LogP contribution in [0.2, 0.25) is 0 Å². The molecule has 0 aliphatic heterocycles. The number of nitrogens with zero attached hydrogens (tertiary/aromatic N) is 2. The third-order valence-corrected chi connectivity index (χ3v) is 7.36. The third-order valence-electron chi connectivity index (χ3n) is 7.36. The van der Waals surface area contributed by atoms with Crippen molar-refractivity contribution in [1.29, 1.82) is 0 Å². The maximum absolute atomic E-state index is 14.4. The lowest BCUT2D eigenvalue weighted by Crippen LogP contribution is -2.47. The van der Waals surface area contributed by atoms with Crippen molar-refractivity contribution < 1.29 is 28.2 Å². The lowest BCUT2D eigenvalue weighted by atomic mass is 10.00. The topological polar surface area (TPSA) is 94.3 Å². The molecule has 1 aliphatic carbocycles. The van der Waals surface area contributed by atoms with Gasteiger partial charge in [0.25, 0.3) is 0 Å². The predicted molar refractivity (Wildman–Crippen MR) is 156 cm³/mol. The second-order valence-electron chi connectivity index (χ2n) is 10.3. The van der Waals surface area contributed by atoms with Crippen molar-refractivity contribution in [3.63, 3.8) is 0 Å². The van der Waals surface area contributed by atoms with Gasteiger partial charge in [-0.05, 0) is 76.6 Å². The molecule has 216 valence electrons. The van der Waals surface area contributed by atoms with Crippen LogP contribution in [0, 0.1) is 11.7 Å². The van der Waals surface area contributed by atoms with E-state index in [4.69, 9.17) is 19.9 Å². The number of rotatable bonds is 11. The van der Waals surface area contributed by atoms with Crippen LogP contribution in [0.25, 0.3) is 17.2 Å². The van der Waals surface area contributed by atoms with Gasteiger partial charge in [0.05, 0.1) is 33.8 Å². The number of allylic oxidation sites excluding steroid dienone is 2. The van der Waals surface area contributed by atoms with Crippen LogP contribution in [0.3, 0.4) is 0 Å². The average Bonchev–Trinajstić information content (AvgIpc) is 3.18. The van der Waals surface area contributed by atoms with Gasteiger partial charge in [-0.25, -0.2) is 4.39 Å². The predicted octanol–water partition coefficient (Wildman–Crippen LogP) is 4.47. The van der Waals surface area contributed by atoms with Crippen molar-refractivity contribution >= 4 is 29.0 Å². The number of methoxy groups -OCH3 is 3. The number of carbonyl (C=O) groups excluding carboxylic acids is 2. The Morgan fingerprint density at radius 1 is 0.950 bits per heavy atom. The molecule has 0 bridgehead atoms. The molecule has 1 aliphatic rings. The fourth-order valence-corrected chi connectivity index (χ4v) is 4.69. The molecule has 2 aromatic rings. The summed E-state index contributed by atoms with van der Waals surface area (Å²) in [5.41, 5.74) is 10.8. The third kappa shape index (κ3) is 6.47. The Balaban J connectivity index is 1.89. The van der Waals surface area contributed by atoms with E-state index in [1.807, 2.05) is 39.0 Å². The van der Waals surface area contributed by atoms with Gasteiger partial charge in [-0.3, -0.25) is 9.59 Å². The first-order valence-corrected chi connectivity index (χ1v) is 13.2. The smallest absolute Gasteiger partial charge is 0.239 e. The molecule has 0 saturated heterocycles. The monoisotopic (exact) mass is 553 g/mol. The number of hydrogen-bond donors (Lipinski definition) is 1. The largest absolute Gasteiger partial charge is 0.493 e. The van der Waals surface area contributed by atoms with Crippen LogP contribution < -0.4 is 19.9 Å². The first-order chi connectivity index (χ1) is 18.9. The van der Waals surface area contributed by atoms with Crippen molar-refractivity contribution in [1.82, 2.24) is 9.80 Å². The minimum Gasteiger partial charge on any atom is -0.493 e. The molecule has 40 heavy (non-hydrogen) atoms. The Hall–Kier alpha value is -3.85. The number of fused-ring (bicyclic) bond motifs is 1. The first kappa shape index (κ1) is 30.7. The molecule has 9 heteroatoms. The highest BCUT2D eigenvalue weighted by Gasteiger charge is 2.28. The molecule has 8 nitrogen and oxygen atoms in total. The fraction of sp³-hybridized carbons (Fsp3) is 0.419. The van der Waals surface area contributed by atoms with Crippen LogP contribution in [-0.2, 0) is 9.59 Å². The van der Waals surface area contributed by atoms with E-state index in [-0.39, 0.29) is 30.0 Å². The number of halogens is 1. The lowest BCUT2D eigenvalue weighted by Gasteiger charge is -2.26. The van der Waals surface area contributed by atoms with Crippen molar-refractivity contribution in [3.05, 3.63) is 58.4 Å². The Morgan fingerprint density at radius 3 is 2.10 bits per heavy atom. The summed E-state index contributed by atoms with van der Waals surface area (Å²) in [6, 6.07) is 7.71. The zero-order chi connectivity index (χ0) is 29.7. The minimum atomic E-state index is -0.584. The summed E-state index contributed by atoms with van der Waals surface area (Å²) in [6.45, 7) is 6.44. The standard InChI is InChI=1S/C31H40FN3O5/c1-18(2)29(33)31(37)35(5)12-11-34(4)28(36)17-24-19(3)23(22-10-9-21(32)16-25(22)24)13-20-14-26(38-6)30(40-8)27(15-20)39-7/h9-10,13-16,18,29H,11-12,17,33H2,1-8H3/b23-13-/t29-/m0/s1. The molecule has 1 atom stereocenters. The number of likely N-dealkylation sites (N-methyl/N-ethyl adjacent to an activating group) is 2. The van der Waals surface area contributed by atoms with Crippen molar-refractivity contribution in [2.75, 3.05) is 48.5 Å². The number of benzene rings is 2.